The molecule has 0 unspecified atom stereocenters. The van der Waals surface area contributed by atoms with Crippen LogP contribution in [0.2, 0.25) is 0 Å². The number of carbonyl (C=O) groups is 3. The molecule has 2 heterocycles. The van der Waals surface area contributed by atoms with Crippen LogP contribution >= 0.6 is 22.6 Å². The molecular weight excluding hydrogens is 547 g/mol. The molecule has 1 aliphatic heterocycles. The Balaban J connectivity index is 1.28. The van der Waals surface area contributed by atoms with E-state index in [9.17, 15) is 14.4 Å². The van der Waals surface area contributed by atoms with E-state index < -0.39 is 5.97 Å². The van der Waals surface area contributed by atoms with E-state index in [1.807, 2.05) is 36.1 Å². The average Bonchev–Trinajstić information content (AvgIpc) is 2.86. The Labute approximate surface area is 212 Å². The molecule has 4 rings (SSSR count). The molecule has 8 nitrogen and oxygen atoms in total. The van der Waals surface area contributed by atoms with E-state index in [1.165, 1.54) is 0 Å². The molecule has 0 atom stereocenters. The Morgan fingerprint density at radius 1 is 1.00 bits per heavy atom. The minimum Gasteiger partial charge on any atom is -0.481 e. The molecule has 2 aromatic rings. The SMILES string of the molecule is Cc1ccc(NC(=O)c2ccc(N3CCN(C(=O)[C@H]4CC[C@H](C(=O)O)CC4)CC3)nc2)cc1I. The third-order valence-corrected chi connectivity index (χ3v) is 7.94. The normalized spacial score (nSPS) is 20.6. The van der Waals surface area contributed by atoms with Crippen molar-refractivity contribution in [3.63, 3.8) is 0 Å². The Bertz CT molecular complexity index is 1060. The van der Waals surface area contributed by atoms with Crippen molar-refractivity contribution in [2.75, 3.05) is 36.4 Å². The van der Waals surface area contributed by atoms with Crippen LogP contribution in [-0.4, -0.2) is 59.0 Å². The standard InChI is InChI=1S/C25H29IN4O4/c1-16-2-8-20(14-21(16)26)28-23(31)19-7-9-22(27-15-19)29-10-12-30(13-11-29)24(32)17-3-5-18(6-4-17)25(33)34/h2,7-9,14-15,17-18H,3-6,10-13H2,1H3,(H,28,31)(H,33,34)/t17-,18-. The van der Waals surface area contributed by atoms with Gasteiger partial charge in [0.05, 0.1) is 11.5 Å². The number of nitrogens with zero attached hydrogens (tertiary/aromatic N) is 3. The van der Waals surface area contributed by atoms with E-state index in [1.54, 1.807) is 12.3 Å². The van der Waals surface area contributed by atoms with E-state index in [2.05, 4.69) is 37.8 Å². The highest BCUT2D eigenvalue weighted by atomic mass is 127. The number of aryl methyl sites for hydroxylation is 1. The summed E-state index contributed by atoms with van der Waals surface area (Å²) < 4.78 is 1.09. The van der Waals surface area contributed by atoms with Crippen molar-refractivity contribution < 1.29 is 19.5 Å². The molecule has 1 aliphatic carbocycles. The van der Waals surface area contributed by atoms with Crippen LogP contribution in [0.5, 0.6) is 0 Å². The molecule has 1 aromatic carbocycles. The molecule has 180 valence electrons. The maximum absolute atomic E-state index is 12.9. The quantitative estimate of drug-likeness (QED) is 0.526. The number of pyridine rings is 1. The first-order valence-electron chi connectivity index (χ1n) is 11.6. The fraction of sp³-hybridized carbons (Fsp3) is 0.440. The number of carboxylic acids is 1. The van der Waals surface area contributed by atoms with Gasteiger partial charge in [0, 0.05) is 47.6 Å². The van der Waals surface area contributed by atoms with Gasteiger partial charge in [-0.2, -0.15) is 0 Å². The van der Waals surface area contributed by atoms with Gasteiger partial charge in [0.1, 0.15) is 5.82 Å². The summed E-state index contributed by atoms with van der Waals surface area (Å²) in [6.07, 6.45) is 4.06. The van der Waals surface area contributed by atoms with E-state index in [0.717, 1.165) is 20.6 Å². The number of halogens is 1. The summed E-state index contributed by atoms with van der Waals surface area (Å²) in [6, 6.07) is 9.42. The number of hydrogen-bond donors (Lipinski definition) is 2. The van der Waals surface area contributed by atoms with Gasteiger partial charge in [-0.1, -0.05) is 6.07 Å². The number of anilines is 2. The van der Waals surface area contributed by atoms with Crippen LogP contribution in [0.1, 0.15) is 41.6 Å². The molecule has 9 heteroatoms. The Morgan fingerprint density at radius 2 is 1.68 bits per heavy atom. The lowest BCUT2D eigenvalue weighted by Gasteiger charge is -2.38. The summed E-state index contributed by atoms with van der Waals surface area (Å²) in [5.74, 6) is -0.385. The molecule has 34 heavy (non-hydrogen) atoms. The number of rotatable bonds is 5. The van der Waals surface area contributed by atoms with Gasteiger partial charge in [0.15, 0.2) is 0 Å². The van der Waals surface area contributed by atoms with Crippen molar-refractivity contribution in [1.29, 1.82) is 0 Å². The van der Waals surface area contributed by atoms with Crippen molar-refractivity contribution in [2.24, 2.45) is 11.8 Å². The first-order valence-corrected chi connectivity index (χ1v) is 12.7. The van der Waals surface area contributed by atoms with Gasteiger partial charge >= 0.3 is 5.97 Å². The summed E-state index contributed by atoms with van der Waals surface area (Å²) in [4.78, 5) is 45.1. The molecule has 2 amide bonds. The minimum absolute atomic E-state index is 0.0603. The van der Waals surface area contributed by atoms with Gasteiger partial charge in [-0.3, -0.25) is 14.4 Å². The fourth-order valence-corrected chi connectivity index (χ4v) is 5.10. The second-order valence-corrected chi connectivity index (χ2v) is 10.2. The first-order chi connectivity index (χ1) is 16.3. The van der Waals surface area contributed by atoms with Crippen LogP contribution in [0.15, 0.2) is 36.5 Å². The zero-order valence-corrected chi connectivity index (χ0v) is 21.3. The molecule has 2 N–H and O–H groups in total. The van der Waals surface area contributed by atoms with Crippen molar-refractivity contribution in [3.05, 3.63) is 51.2 Å². The van der Waals surface area contributed by atoms with E-state index >= 15 is 0 Å². The van der Waals surface area contributed by atoms with Crippen LogP contribution in [0.3, 0.4) is 0 Å². The third kappa shape index (κ3) is 5.68. The Morgan fingerprint density at radius 3 is 2.26 bits per heavy atom. The predicted molar refractivity (Wildman–Crippen MR) is 138 cm³/mol. The zero-order valence-electron chi connectivity index (χ0n) is 19.2. The van der Waals surface area contributed by atoms with Crippen molar-refractivity contribution >= 4 is 51.9 Å². The van der Waals surface area contributed by atoms with Gasteiger partial charge < -0.3 is 20.2 Å². The number of nitrogens with one attached hydrogen (secondary N) is 1. The van der Waals surface area contributed by atoms with Crippen LogP contribution in [-0.2, 0) is 9.59 Å². The van der Waals surface area contributed by atoms with Gasteiger partial charge in [0.25, 0.3) is 5.91 Å². The summed E-state index contributed by atoms with van der Waals surface area (Å²) in [7, 11) is 0. The maximum Gasteiger partial charge on any atom is 0.306 e. The van der Waals surface area contributed by atoms with Gasteiger partial charge in [-0.25, -0.2) is 4.98 Å². The molecule has 0 radical (unpaired) electrons. The molecule has 0 bridgehead atoms. The summed E-state index contributed by atoms with van der Waals surface area (Å²) >= 11 is 2.25. The van der Waals surface area contributed by atoms with E-state index in [4.69, 9.17) is 5.11 Å². The third-order valence-electron chi connectivity index (χ3n) is 6.78. The molecule has 2 aliphatic rings. The average molecular weight is 576 g/mol. The largest absolute Gasteiger partial charge is 0.481 e. The Kier molecular flexibility index (Phi) is 7.70. The van der Waals surface area contributed by atoms with Crippen molar-refractivity contribution in [1.82, 2.24) is 9.88 Å². The lowest BCUT2D eigenvalue weighted by atomic mass is 9.81. The molecule has 2 fully saturated rings. The zero-order chi connectivity index (χ0) is 24.2. The van der Waals surface area contributed by atoms with Crippen LogP contribution in [0, 0.1) is 22.3 Å². The maximum atomic E-state index is 12.9. The van der Waals surface area contributed by atoms with Crippen LogP contribution in [0.4, 0.5) is 11.5 Å². The minimum atomic E-state index is -0.750. The molecule has 1 saturated carbocycles. The van der Waals surface area contributed by atoms with Gasteiger partial charge in [-0.05, 0) is 85.0 Å². The number of hydrogen-bond acceptors (Lipinski definition) is 5. The second-order valence-electron chi connectivity index (χ2n) is 9.02. The van der Waals surface area contributed by atoms with Gasteiger partial charge in [-0.15, -0.1) is 0 Å². The first kappa shape index (κ1) is 24.4. The number of amides is 2. The monoisotopic (exact) mass is 576 g/mol. The summed E-state index contributed by atoms with van der Waals surface area (Å²) in [5, 5.41) is 12.1. The topological polar surface area (TPSA) is 103 Å². The number of benzene rings is 1. The second kappa shape index (κ2) is 10.7. The number of piperazine rings is 1. The van der Waals surface area contributed by atoms with Crippen LogP contribution in [0.25, 0.3) is 0 Å². The number of carbonyl (C=O) groups excluding carboxylic acids is 2. The fourth-order valence-electron chi connectivity index (χ4n) is 4.58. The van der Waals surface area contributed by atoms with Crippen LogP contribution < -0.4 is 10.2 Å². The van der Waals surface area contributed by atoms with Crippen molar-refractivity contribution in [3.8, 4) is 0 Å². The summed E-state index contributed by atoms with van der Waals surface area (Å²) in [6.45, 7) is 4.62. The molecular formula is C25H29IN4O4. The lowest BCUT2D eigenvalue weighted by Crippen LogP contribution is -2.51. The predicted octanol–water partition coefficient (Wildman–Crippen LogP) is 3.79. The highest BCUT2D eigenvalue weighted by molar-refractivity contribution is 14.1. The number of carboxylic acid groups (broad SMARTS) is 1. The lowest BCUT2D eigenvalue weighted by molar-refractivity contribution is -0.145. The van der Waals surface area contributed by atoms with E-state index in [-0.39, 0.29) is 23.7 Å². The Hall–Kier alpha value is -2.69. The number of aliphatic carboxylic acids is 1. The molecule has 1 aromatic heterocycles. The molecule has 0 spiro atoms. The van der Waals surface area contributed by atoms with Gasteiger partial charge in [0.2, 0.25) is 5.91 Å². The summed E-state index contributed by atoms with van der Waals surface area (Å²) in [5.41, 5.74) is 2.41. The van der Waals surface area contributed by atoms with E-state index in [0.29, 0.717) is 57.4 Å². The smallest absolute Gasteiger partial charge is 0.306 e. The van der Waals surface area contributed by atoms with Crippen molar-refractivity contribution in [2.45, 2.75) is 32.6 Å². The number of aromatic nitrogens is 1. The highest BCUT2D eigenvalue weighted by Crippen LogP contribution is 2.30. The highest BCUT2D eigenvalue weighted by Gasteiger charge is 2.33. The molecule has 1 saturated heterocycles.